The van der Waals surface area contributed by atoms with Crippen LogP contribution < -0.4 is 33.2 Å². The number of para-hydroxylation sites is 1. The van der Waals surface area contributed by atoms with Crippen LogP contribution in [0.15, 0.2) is 30.5 Å². The van der Waals surface area contributed by atoms with Gasteiger partial charge in [-0.15, -0.1) is 0 Å². The number of rotatable bonds is 14. The molecule has 0 aliphatic carbocycles. The van der Waals surface area contributed by atoms with E-state index in [4.69, 9.17) is 22.3 Å². The smallest absolute Gasteiger partial charge is 0.325 e. The maximum Gasteiger partial charge on any atom is 0.325 e. The molecule has 4 unspecified atom stereocenters. The molecule has 0 aliphatic heterocycles. The normalized spacial score (nSPS) is 14.1. The van der Waals surface area contributed by atoms with Gasteiger partial charge in [-0.2, -0.15) is 0 Å². The van der Waals surface area contributed by atoms with E-state index in [0.29, 0.717) is 0 Å². The van der Waals surface area contributed by atoms with Crippen LogP contribution in [0.25, 0.3) is 10.9 Å². The fraction of sp³-hybridized carbons (Fsp3) is 0.391. The molecule has 0 bridgehead atoms. The van der Waals surface area contributed by atoms with Gasteiger partial charge >= 0.3 is 5.97 Å². The minimum absolute atomic E-state index is 0.139. The minimum Gasteiger partial charge on any atom is -0.480 e. The van der Waals surface area contributed by atoms with Crippen molar-refractivity contribution in [3.8, 4) is 0 Å². The molecule has 0 aliphatic rings. The van der Waals surface area contributed by atoms with Crippen LogP contribution in [-0.4, -0.2) is 69.8 Å². The molecule has 0 fully saturated rings. The fourth-order valence-corrected chi connectivity index (χ4v) is 3.52. The second kappa shape index (κ2) is 13.0. The first-order valence-corrected chi connectivity index (χ1v) is 11.4. The summed E-state index contributed by atoms with van der Waals surface area (Å²) in [5, 5.41) is 16.7. The van der Waals surface area contributed by atoms with Crippen molar-refractivity contribution >= 4 is 46.4 Å². The standard InChI is InChI=1S/C23H31N7O7/c1-11(23(36)37)28-22(35)17(9-19(26)32)30-21(34)16(6-7-18(25)31)29-20(33)14(24)8-12-10-27-15-5-3-2-4-13(12)15/h2-5,10-11,14,16-17,27H,6-9,24H2,1H3,(H2,25,31)(H2,26,32)(H,28,35)(H,29,33)(H,30,34)(H,36,37). The zero-order valence-electron chi connectivity index (χ0n) is 20.2. The van der Waals surface area contributed by atoms with Gasteiger partial charge in [-0.25, -0.2) is 0 Å². The number of nitrogens with one attached hydrogen (secondary N) is 4. The topological polar surface area (TPSA) is 253 Å². The maximum atomic E-state index is 12.9. The highest BCUT2D eigenvalue weighted by molar-refractivity contribution is 5.96. The highest BCUT2D eigenvalue weighted by atomic mass is 16.4. The van der Waals surface area contributed by atoms with Gasteiger partial charge in [0.1, 0.15) is 18.1 Å². The molecule has 2 aromatic rings. The Morgan fingerprint density at radius 2 is 1.54 bits per heavy atom. The monoisotopic (exact) mass is 517 g/mol. The first-order valence-electron chi connectivity index (χ1n) is 11.4. The summed E-state index contributed by atoms with van der Waals surface area (Å²) in [4.78, 5) is 75.1. The zero-order chi connectivity index (χ0) is 27.7. The highest BCUT2D eigenvalue weighted by Gasteiger charge is 2.30. The molecule has 11 N–H and O–H groups in total. The van der Waals surface area contributed by atoms with E-state index < -0.39 is 66.1 Å². The average molecular weight is 518 g/mol. The van der Waals surface area contributed by atoms with E-state index in [0.717, 1.165) is 16.5 Å². The Bertz CT molecular complexity index is 1180. The van der Waals surface area contributed by atoms with Crippen molar-refractivity contribution in [2.45, 2.75) is 56.8 Å². The largest absolute Gasteiger partial charge is 0.480 e. The van der Waals surface area contributed by atoms with Gasteiger partial charge in [0.2, 0.25) is 29.5 Å². The Morgan fingerprint density at radius 3 is 2.16 bits per heavy atom. The van der Waals surface area contributed by atoms with Gasteiger partial charge in [0.15, 0.2) is 0 Å². The van der Waals surface area contributed by atoms with Crippen LogP contribution in [0.4, 0.5) is 0 Å². The van der Waals surface area contributed by atoms with Crippen LogP contribution in [0.3, 0.4) is 0 Å². The molecule has 0 spiro atoms. The van der Waals surface area contributed by atoms with E-state index in [1.54, 1.807) is 6.20 Å². The number of benzene rings is 1. The van der Waals surface area contributed by atoms with E-state index in [9.17, 15) is 28.8 Å². The van der Waals surface area contributed by atoms with E-state index in [-0.39, 0.29) is 19.3 Å². The molecule has 5 amide bonds. The summed E-state index contributed by atoms with van der Waals surface area (Å²) in [6.07, 6.45) is 0.725. The van der Waals surface area contributed by atoms with Crippen molar-refractivity contribution in [1.82, 2.24) is 20.9 Å². The fourth-order valence-electron chi connectivity index (χ4n) is 3.52. The molecule has 0 saturated heterocycles. The molecule has 14 nitrogen and oxygen atoms in total. The second-order valence-electron chi connectivity index (χ2n) is 8.54. The number of hydrogen-bond acceptors (Lipinski definition) is 7. The molecule has 0 radical (unpaired) electrons. The molecular weight excluding hydrogens is 486 g/mol. The zero-order valence-corrected chi connectivity index (χ0v) is 20.2. The summed E-state index contributed by atoms with van der Waals surface area (Å²) < 4.78 is 0. The Morgan fingerprint density at radius 1 is 0.919 bits per heavy atom. The third-order valence-electron chi connectivity index (χ3n) is 5.53. The number of aromatic nitrogens is 1. The summed E-state index contributed by atoms with van der Waals surface area (Å²) in [6.45, 7) is 1.19. The summed E-state index contributed by atoms with van der Waals surface area (Å²) >= 11 is 0. The molecule has 14 heteroatoms. The Balaban J connectivity index is 2.14. The molecule has 1 aromatic heterocycles. The molecule has 0 saturated carbocycles. The number of aromatic amines is 1. The summed E-state index contributed by atoms with van der Waals surface area (Å²) in [6, 6.07) is 2.18. The quantitative estimate of drug-likeness (QED) is 0.135. The lowest BCUT2D eigenvalue weighted by molar-refractivity contribution is -0.142. The van der Waals surface area contributed by atoms with Crippen LogP contribution in [-0.2, 0) is 35.2 Å². The Kier molecular flexibility index (Phi) is 10.1. The van der Waals surface area contributed by atoms with Crippen LogP contribution in [0.1, 0.15) is 31.7 Å². The number of H-pyrrole nitrogens is 1. The van der Waals surface area contributed by atoms with Crippen LogP contribution in [0.5, 0.6) is 0 Å². The molecule has 2 rings (SSSR count). The van der Waals surface area contributed by atoms with Crippen LogP contribution >= 0.6 is 0 Å². The summed E-state index contributed by atoms with van der Waals surface area (Å²) in [5.41, 5.74) is 18.1. The predicted octanol–water partition coefficient (Wildman–Crippen LogP) is -2.26. The number of carbonyl (C=O) groups is 6. The van der Waals surface area contributed by atoms with E-state index in [1.807, 2.05) is 24.3 Å². The van der Waals surface area contributed by atoms with Gasteiger partial charge in [-0.1, -0.05) is 18.2 Å². The summed E-state index contributed by atoms with van der Waals surface area (Å²) in [5.74, 6) is -5.62. The van der Waals surface area contributed by atoms with Gasteiger partial charge in [0.05, 0.1) is 12.5 Å². The van der Waals surface area contributed by atoms with Crippen molar-refractivity contribution < 1.29 is 33.9 Å². The van der Waals surface area contributed by atoms with Gasteiger partial charge in [0.25, 0.3) is 0 Å². The number of carboxylic acid groups (broad SMARTS) is 1. The second-order valence-corrected chi connectivity index (χ2v) is 8.54. The SMILES string of the molecule is CC(NC(=O)C(CC(N)=O)NC(=O)C(CCC(N)=O)NC(=O)C(N)Cc1c[nH]c2ccccc12)C(=O)O. The number of carbonyl (C=O) groups excluding carboxylic acids is 5. The van der Waals surface area contributed by atoms with Crippen molar-refractivity contribution in [2.24, 2.45) is 17.2 Å². The van der Waals surface area contributed by atoms with Crippen LogP contribution in [0, 0.1) is 0 Å². The number of aliphatic carboxylic acids is 1. The van der Waals surface area contributed by atoms with Gasteiger partial charge in [0, 0.05) is 23.5 Å². The first kappa shape index (κ1) is 28.8. The van der Waals surface area contributed by atoms with E-state index in [2.05, 4.69) is 20.9 Å². The highest BCUT2D eigenvalue weighted by Crippen LogP contribution is 2.18. The molecular formula is C23H31N7O7. The average Bonchev–Trinajstić information content (AvgIpc) is 3.23. The van der Waals surface area contributed by atoms with Gasteiger partial charge in [-0.05, 0) is 31.4 Å². The van der Waals surface area contributed by atoms with Crippen molar-refractivity contribution in [2.75, 3.05) is 0 Å². The number of carboxylic acids is 1. The van der Waals surface area contributed by atoms with E-state index in [1.165, 1.54) is 6.92 Å². The van der Waals surface area contributed by atoms with Gasteiger partial charge < -0.3 is 43.2 Å². The third kappa shape index (κ3) is 8.61. The lowest BCUT2D eigenvalue weighted by Gasteiger charge is -2.24. The van der Waals surface area contributed by atoms with Crippen molar-refractivity contribution in [3.63, 3.8) is 0 Å². The van der Waals surface area contributed by atoms with Crippen molar-refractivity contribution in [1.29, 1.82) is 0 Å². The number of fused-ring (bicyclic) bond motifs is 1. The first-order chi connectivity index (χ1) is 17.4. The molecule has 1 aromatic carbocycles. The van der Waals surface area contributed by atoms with Gasteiger partial charge in [-0.3, -0.25) is 28.8 Å². The maximum absolute atomic E-state index is 12.9. The lowest BCUT2D eigenvalue weighted by Crippen LogP contribution is -2.57. The molecule has 200 valence electrons. The number of hydrogen-bond donors (Lipinski definition) is 8. The number of primary amides is 2. The molecule has 1 heterocycles. The summed E-state index contributed by atoms with van der Waals surface area (Å²) in [7, 11) is 0. The molecule has 4 atom stereocenters. The number of nitrogens with two attached hydrogens (primary N) is 3. The minimum atomic E-state index is -1.53. The Hall–Kier alpha value is -4.46. The van der Waals surface area contributed by atoms with Crippen molar-refractivity contribution in [3.05, 3.63) is 36.0 Å². The number of amides is 5. The third-order valence-corrected chi connectivity index (χ3v) is 5.53. The van der Waals surface area contributed by atoms with E-state index >= 15 is 0 Å². The predicted molar refractivity (Wildman–Crippen MR) is 131 cm³/mol. The van der Waals surface area contributed by atoms with Crippen LogP contribution in [0.2, 0.25) is 0 Å². The lowest BCUT2D eigenvalue weighted by atomic mass is 10.0. The molecule has 37 heavy (non-hydrogen) atoms. The Labute approximate surface area is 211 Å².